The highest BCUT2D eigenvalue weighted by Gasteiger charge is 2.54. The SMILES string of the molecule is COC(CC(=O)O)Cn1nnnc1C1C2CCCCC21. The van der Waals surface area contributed by atoms with Crippen molar-refractivity contribution in [2.75, 3.05) is 7.11 Å². The van der Waals surface area contributed by atoms with Gasteiger partial charge in [-0.15, -0.1) is 5.10 Å². The Morgan fingerprint density at radius 1 is 1.45 bits per heavy atom. The molecule has 2 aliphatic carbocycles. The van der Waals surface area contributed by atoms with Gasteiger partial charge in [0.15, 0.2) is 5.82 Å². The van der Waals surface area contributed by atoms with E-state index >= 15 is 0 Å². The average molecular weight is 280 g/mol. The van der Waals surface area contributed by atoms with Gasteiger partial charge in [0.25, 0.3) is 0 Å². The fraction of sp³-hybridized carbons (Fsp3) is 0.846. The molecule has 0 amide bonds. The van der Waals surface area contributed by atoms with Crippen molar-refractivity contribution in [2.45, 2.75) is 50.7 Å². The zero-order valence-corrected chi connectivity index (χ0v) is 11.6. The number of hydrogen-bond acceptors (Lipinski definition) is 5. The summed E-state index contributed by atoms with van der Waals surface area (Å²) in [6, 6.07) is 0. The van der Waals surface area contributed by atoms with Crippen molar-refractivity contribution in [3.05, 3.63) is 5.82 Å². The molecule has 7 nitrogen and oxygen atoms in total. The molecule has 3 atom stereocenters. The van der Waals surface area contributed by atoms with Gasteiger partial charge in [0.05, 0.1) is 19.1 Å². The number of carboxylic acid groups (broad SMARTS) is 1. The summed E-state index contributed by atoms with van der Waals surface area (Å²) in [7, 11) is 1.52. The molecule has 1 N–H and O–H groups in total. The second-order valence-corrected chi connectivity index (χ2v) is 5.81. The van der Waals surface area contributed by atoms with Crippen molar-refractivity contribution in [1.82, 2.24) is 20.2 Å². The minimum absolute atomic E-state index is 0.0344. The summed E-state index contributed by atoms with van der Waals surface area (Å²) >= 11 is 0. The Morgan fingerprint density at radius 3 is 2.75 bits per heavy atom. The molecule has 1 aromatic heterocycles. The quantitative estimate of drug-likeness (QED) is 0.838. The van der Waals surface area contributed by atoms with Crippen molar-refractivity contribution in [3.8, 4) is 0 Å². The molecule has 20 heavy (non-hydrogen) atoms. The Labute approximate surface area is 117 Å². The number of hydrogen-bond donors (Lipinski definition) is 1. The summed E-state index contributed by atoms with van der Waals surface area (Å²) in [5.74, 6) is 1.97. The van der Waals surface area contributed by atoms with E-state index in [2.05, 4.69) is 15.5 Å². The summed E-state index contributed by atoms with van der Waals surface area (Å²) in [4.78, 5) is 10.8. The van der Waals surface area contributed by atoms with E-state index in [1.54, 1.807) is 4.68 Å². The summed E-state index contributed by atoms with van der Waals surface area (Å²) in [5, 5.41) is 20.8. The molecule has 0 radical (unpaired) electrons. The third kappa shape index (κ3) is 2.54. The molecule has 0 saturated heterocycles. The van der Waals surface area contributed by atoms with E-state index in [1.165, 1.54) is 32.8 Å². The Balaban J connectivity index is 1.69. The van der Waals surface area contributed by atoms with Crippen LogP contribution in [0.2, 0.25) is 0 Å². The summed E-state index contributed by atoms with van der Waals surface area (Å²) in [5.41, 5.74) is 0. The topological polar surface area (TPSA) is 90.1 Å². The van der Waals surface area contributed by atoms with Crippen LogP contribution in [-0.4, -0.2) is 44.5 Å². The highest BCUT2D eigenvalue weighted by molar-refractivity contribution is 5.67. The van der Waals surface area contributed by atoms with Crippen LogP contribution in [0.3, 0.4) is 0 Å². The maximum absolute atomic E-state index is 10.8. The second-order valence-electron chi connectivity index (χ2n) is 5.81. The minimum atomic E-state index is -0.869. The second kappa shape index (κ2) is 5.47. The largest absolute Gasteiger partial charge is 0.481 e. The average Bonchev–Trinajstić information content (AvgIpc) is 2.99. The van der Waals surface area contributed by atoms with E-state index in [9.17, 15) is 4.79 Å². The molecule has 0 bridgehead atoms. The normalized spacial score (nSPS) is 29.8. The number of rotatable bonds is 6. The van der Waals surface area contributed by atoms with Crippen LogP contribution in [0.5, 0.6) is 0 Å². The maximum Gasteiger partial charge on any atom is 0.306 e. The van der Waals surface area contributed by atoms with Gasteiger partial charge in [-0.2, -0.15) is 0 Å². The molecule has 0 aliphatic heterocycles. The van der Waals surface area contributed by atoms with Gasteiger partial charge in [0.1, 0.15) is 0 Å². The first kappa shape index (κ1) is 13.5. The third-order valence-electron chi connectivity index (χ3n) is 4.63. The minimum Gasteiger partial charge on any atom is -0.481 e. The zero-order valence-electron chi connectivity index (χ0n) is 11.6. The Kier molecular flexibility index (Phi) is 3.69. The number of carbonyl (C=O) groups is 1. The predicted molar refractivity (Wildman–Crippen MR) is 69.1 cm³/mol. The standard InChI is InChI=1S/C13H20N4O3/c1-20-8(6-11(18)19)7-17-13(14-15-16-17)12-9-4-2-3-5-10(9)12/h8-10,12H,2-7H2,1H3,(H,18,19). The first-order valence-electron chi connectivity index (χ1n) is 7.21. The van der Waals surface area contributed by atoms with Crippen LogP contribution < -0.4 is 0 Å². The van der Waals surface area contributed by atoms with Gasteiger partial charge >= 0.3 is 5.97 Å². The first-order chi connectivity index (χ1) is 9.70. The number of methoxy groups -OCH3 is 1. The molecule has 7 heteroatoms. The highest BCUT2D eigenvalue weighted by Crippen LogP contribution is 2.60. The summed E-state index contributed by atoms with van der Waals surface area (Å²) in [6.45, 7) is 0.404. The Hall–Kier alpha value is -1.50. The molecular formula is C13H20N4O3. The predicted octanol–water partition coefficient (Wildman–Crippen LogP) is 1.07. The molecule has 0 spiro atoms. The Morgan fingerprint density at radius 2 is 2.15 bits per heavy atom. The van der Waals surface area contributed by atoms with Gasteiger partial charge in [0.2, 0.25) is 0 Å². The number of tetrazole rings is 1. The van der Waals surface area contributed by atoms with Gasteiger partial charge < -0.3 is 9.84 Å². The highest BCUT2D eigenvalue weighted by atomic mass is 16.5. The van der Waals surface area contributed by atoms with E-state index < -0.39 is 12.1 Å². The van der Waals surface area contributed by atoms with Crippen molar-refractivity contribution in [1.29, 1.82) is 0 Å². The molecule has 2 saturated carbocycles. The molecule has 110 valence electrons. The fourth-order valence-electron chi connectivity index (χ4n) is 3.57. The van der Waals surface area contributed by atoms with Gasteiger partial charge in [-0.05, 0) is 35.1 Å². The molecular weight excluding hydrogens is 260 g/mol. The molecule has 2 fully saturated rings. The van der Waals surface area contributed by atoms with Crippen LogP contribution >= 0.6 is 0 Å². The lowest BCUT2D eigenvalue weighted by Gasteiger charge is -2.13. The van der Waals surface area contributed by atoms with E-state index in [4.69, 9.17) is 9.84 Å². The number of carboxylic acids is 1. The van der Waals surface area contributed by atoms with Crippen molar-refractivity contribution >= 4 is 5.97 Å². The zero-order chi connectivity index (χ0) is 14.1. The van der Waals surface area contributed by atoms with Crippen molar-refractivity contribution in [2.24, 2.45) is 11.8 Å². The summed E-state index contributed by atoms with van der Waals surface area (Å²) < 4.78 is 6.95. The molecule has 2 aliphatic rings. The first-order valence-corrected chi connectivity index (χ1v) is 7.21. The molecule has 0 aromatic carbocycles. The van der Waals surface area contributed by atoms with Crippen LogP contribution in [0.15, 0.2) is 0 Å². The smallest absolute Gasteiger partial charge is 0.306 e. The molecule has 1 aromatic rings. The Bertz CT molecular complexity index is 478. The van der Waals surface area contributed by atoms with Crippen LogP contribution in [-0.2, 0) is 16.1 Å². The number of aromatic nitrogens is 4. The van der Waals surface area contributed by atoms with Gasteiger partial charge in [-0.1, -0.05) is 12.8 Å². The van der Waals surface area contributed by atoms with E-state index in [0.29, 0.717) is 12.5 Å². The van der Waals surface area contributed by atoms with Crippen LogP contribution in [0.1, 0.15) is 43.8 Å². The lowest BCUT2D eigenvalue weighted by molar-refractivity contribution is -0.140. The van der Waals surface area contributed by atoms with Crippen LogP contribution in [0.25, 0.3) is 0 Å². The van der Waals surface area contributed by atoms with E-state index in [1.807, 2.05) is 0 Å². The van der Waals surface area contributed by atoms with Gasteiger partial charge in [-0.25, -0.2) is 4.68 Å². The third-order valence-corrected chi connectivity index (χ3v) is 4.63. The number of ether oxygens (including phenoxy) is 1. The lowest BCUT2D eigenvalue weighted by Crippen LogP contribution is -2.24. The molecule has 3 rings (SSSR count). The molecule has 3 unspecified atom stereocenters. The molecule has 1 heterocycles. The lowest BCUT2D eigenvalue weighted by atomic mass is 10.0. The number of aliphatic carboxylic acids is 1. The number of fused-ring (bicyclic) bond motifs is 1. The maximum atomic E-state index is 10.8. The van der Waals surface area contributed by atoms with E-state index in [-0.39, 0.29) is 6.42 Å². The number of nitrogens with zero attached hydrogens (tertiary/aromatic N) is 4. The van der Waals surface area contributed by atoms with Gasteiger partial charge in [-0.3, -0.25) is 4.79 Å². The summed E-state index contributed by atoms with van der Waals surface area (Å²) in [6.07, 6.45) is 4.72. The van der Waals surface area contributed by atoms with Gasteiger partial charge in [0, 0.05) is 13.0 Å². The van der Waals surface area contributed by atoms with Crippen LogP contribution in [0.4, 0.5) is 0 Å². The van der Waals surface area contributed by atoms with Crippen molar-refractivity contribution in [3.63, 3.8) is 0 Å². The van der Waals surface area contributed by atoms with Crippen molar-refractivity contribution < 1.29 is 14.6 Å². The van der Waals surface area contributed by atoms with Crippen LogP contribution in [0, 0.1) is 11.8 Å². The fourth-order valence-corrected chi connectivity index (χ4v) is 3.57. The monoisotopic (exact) mass is 280 g/mol. The van der Waals surface area contributed by atoms with E-state index in [0.717, 1.165) is 17.7 Å².